The molecule has 2 N–H and O–H groups in total. The molecule has 6 heteroatoms. The first kappa shape index (κ1) is 15.1. The van der Waals surface area contributed by atoms with E-state index in [0.717, 1.165) is 34.6 Å². The highest BCUT2D eigenvalue weighted by Gasteiger charge is 2.23. The molecule has 1 aliphatic carbocycles. The van der Waals surface area contributed by atoms with Crippen molar-refractivity contribution in [2.24, 2.45) is 5.92 Å². The zero-order valence-electron chi connectivity index (χ0n) is 13.2. The second kappa shape index (κ2) is 5.87. The van der Waals surface area contributed by atoms with Crippen LogP contribution in [0.1, 0.15) is 34.1 Å². The lowest BCUT2D eigenvalue weighted by molar-refractivity contribution is 0.0697. The number of aryl methyl sites for hydroxylation is 1. The Hall–Kier alpha value is -2.47. The molecule has 0 bridgehead atoms. The number of nitrogens with zero attached hydrogens (tertiary/aromatic N) is 2. The number of hydrogen-bond donors (Lipinski definition) is 2. The monoisotopic (exact) mass is 339 g/mol. The first-order chi connectivity index (χ1) is 11.6. The molecule has 3 aromatic rings. The van der Waals surface area contributed by atoms with Crippen molar-refractivity contribution in [1.29, 1.82) is 0 Å². The Bertz CT molecular complexity index is 935. The molecule has 5 nitrogen and oxygen atoms in total. The summed E-state index contributed by atoms with van der Waals surface area (Å²) in [5, 5.41) is 13.5. The Morgan fingerprint density at radius 2 is 2.25 bits per heavy atom. The van der Waals surface area contributed by atoms with Crippen LogP contribution in [0.2, 0.25) is 0 Å². The molecule has 0 spiro atoms. The Morgan fingerprint density at radius 1 is 1.38 bits per heavy atom. The molecular formula is C18H17N3O2S. The molecule has 2 aromatic heterocycles. The summed E-state index contributed by atoms with van der Waals surface area (Å²) in [4.78, 5) is 22.4. The minimum Gasteiger partial charge on any atom is -0.478 e. The predicted molar refractivity (Wildman–Crippen MR) is 95.3 cm³/mol. The van der Waals surface area contributed by atoms with Gasteiger partial charge >= 0.3 is 5.97 Å². The van der Waals surface area contributed by atoms with Crippen LogP contribution >= 0.6 is 11.3 Å². The number of aromatic carboxylic acids is 1. The van der Waals surface area contributed by atoms with Gasteiger partial charge in [-0.05, 0) is 48.9 Å². The normalized spacial score (nSPS) is 16.8. The lowest BCUT2D eigenvalue weighted by Crippen LogP contribution is -2.09. The highest BCUT2D eigenvalue weighted by Crippen LogP contribution is 2.40. The molecular weight excluding hydrogens is 322 g/mol. The number of carboxylic acids is 1. The number of nitrogens with one attached hydrogen (secondary N) is 1. The molecule has 2 heterocycles. The van der Waals surface area contributed by atoms with Crippen LogP contribution in [0.4, 0.5) is 11.5 Å². The molecule has 1 aromatic carbocycles. The van der Waals surface area contributed by atoms with Crippen LogP contribution in [0.3, 0.4) is 0 Å². The van der Waals surface area contributed by atoms with E-state index in [1.54, 1.807) is 35.9 Å². The van der Waals surface area contributed by atoms with Gasteiger partial charge in [0.2, 0.25) is 0 Å². The molecule has 0 fully saturated rings. The topological polar surface area (TPSA) is 75.1 Å². The molecule has 0 saturated carbocycles. The van der Waals surface area contributed by atoms with Gasteiger partial charge in [0.15, 0.2) is 0 Å². The van der Waals surface area contributed by atoms with Gasteiger partial charge in [-0.2, -0.15) is 0 Å². The fourth-order valence-corrected chi connectivity index (χ4v) is 4.59. The number of carboxylic acid groups (broad SMARTS) is 1. The third-order valence-corrected chi connectivity index (χ3v) is 5.63. The van der Waals surface area contributed by atoms with Crippen molar-refractivity contribution in [2.45, 2.75) is 26.2 Å². The van der Waals surface area contributed by atoms with Gasteiger partial charge in [0.1, 0.15) is 17.0 Å². The van der Waals surface area contributed by atoms with E-state index in [-0.39, 0.29) is 5.56 Å². The molecule has 1 aliphatic rings. The van der Waals surface area contributed by atoms with Crippen LogP contribution < -0.4 is 5.32 Å². The fourth-order valence-electron chi connectivity index (χ4n) is 3.24. The lowest BCUT2D eigenvalue weighted by Gasteiger charge is -2.18. The molecule has 0 amide bonds. The van der Waals surface area contributed by atoms with Crippen molar-refractivity contribution in [3.63, 3.8) is 0 Å². The van der Waals surface area contributed by atoms with Crippen molar-refractivity contribution >= 4 is 39.0 Å². The summed E-state index contributed by atoms with van der Waals surface area (Å²) in [6, 6.07) is 6.78. The smallest absolute Gasteiger partial charge is 0.335 e. The van der Waals surface area contributed by atoms with Crippen LogP contribution in [-0.2, 0) is 12.8 Å². The molecule has 0 saturated heterocycles. The third-order valence-electron chi connectivity index (χ3n) is 4.46. The minimum absolute atomic E-state index is 0.256. The van der Waals surface area contributed by atoms with Gasteiger partial charge in [0.25, 0.3) is 0 Å². The van der Waals surface area contributed by atoms with Crippen molar-refractivity contribution in [1.82, 2.24) is 9.97 Å². The summed E-state index contributed by atoms with van der Waals surface area (Å²) in [6.45, 7) is 2.29. The molecule has 122 valence electrons. The number of fused-ring (bicyclic) bond motifs is 3. The molecule has 0 unspecified atom stereocenters. The standard InChI is InChI=1S/C18H17N3O2S/c1-10-5-6-13-14(7-10)24-17-15(13)16(19-9-20-17)21-12-4-2-3-11(8-12)18(22)23/h2-4,8-10H,5-7H2,1H3,(H,22,23)(H,19,20,21)/t10-/m1/s1. The van der Waals surface area contributed by atoms with Crippen molar-refractivity contribution in [3.05, 3.63) is 46.6 Å². The maximum absolute atomic E-state index is 11.1. The summed E-state index contributed by atoms with van der Waals surface area (Å²) < 4.78 is 0. The Labute approximate surface area is 143 Å². The van der Waals surface area contributed by atoms with E-state index in [2.05, 4.69) is 22.2 Å². The van der Waals surface area contributed by atoms with E-state index < -0.39 is 5.97 Å². The van der Waals surface area contributed by atoms with E-state index in [4.69, 9.17) is 5.11 Å². The van der Waals surface area contributed by atoms with Crippen molar-refractivity contribution in [3.8, 4) is 0 Å². The van der Waals surface area contributed by atoms with Gasteiger partial charge in [0.05, 0.1) is 10.9 Å². The minimum atomic E-state index is -0.937. The number of thiophene rings is 1. The van der Waals surface area contributed by atoms with Gasteiger partial charge in [-0.25, -0.2) is 14.8 Å². The lowest BCUT2D eigenvalue weighted by atomic mass is 9.89. The van der Waals surface area contributed by atoms with Gasteiger partial charge < -0.3 is 10.4 Å². The van der Waals surface area contributed by atoms with Crippen LogP contribution in [0.5, 0.6) is 0 Å². The van der Waals surface area contributed by atoms with Crippen molar-refractivity contribution < 1.29 is 9.90 Å². The van der Waals surface area contributed by atoms with E-state index >= 15 is 0 Å². The zero-order valence-corrected chi connectivity index (χ0v) is 14.1. The summed E-state index contributed by atoms with van der Waals surface area (Å²) in [5.74, 6) is 0.533. The van der Waals surface area contributed by atoms with Gasteiger partial charge in [-0.1, -0.05) is 13.0 Å². The van der Waals surface area contributed by atoms with Crippen LogP contribution in [-0.4, -0.2) is 21.0 Å². The Balaban J connectivity index is 1.77. The van der Waals surface area contributed by atoms with Crippen LogP contribution in [0, 0.1) is 5.92 Å². The molecule has 0 radical (unpaired) electrons. The van der Waals surface area contributed by atoms with Crippen molar-refractivity contribution in [2.75, 3.05) is 5.32 Å². The van der Waals surface area contributed by atoms with E-state index in [1.165, 1.54) is 16.9 Å². The number of aromatic nitrogens is 2. The van der Waals surface area contributed by atoms with Gasteiger partial charge in [-0.3, -0.25) is 0 Å². The number of carbonyl (C=O) groups is 1. The molecule has 1 atom stereocenters. The highest BCUT2D eigenvalue weighted by molar-refractivity contribution is 7.19. The average Bonchev–Trinajstić information content (AvgIpc) is 2.93. The van der Waals surface area contributed by atoms with Crippen LogP contribution in [0.15, 0.2) is 30.6 Å². The van der Waals surface area contributed by atoms with Gasteiger partial charge in [0, 0.05) is 10.6 Å². The number of anilines is 2. The van der Waals surface area contributed by atoms with E-state index in [9.17, 15) is 4.79 Å². The first-order valence-corrected chi connectivity index (χ1v) is 8.79. The number of benzene rings is 1. The molecule has 24 heavy (non-hydrogen) atoms. The van der Waals surface area contributed by atoms with E-state index in [1.807, 2.05) is 6.07 Å². The quantitative estimate of drug-likeness (QED) is 0.746. The number of hydrogen-bond acceptors (Lipinski definition) is 5. The maximum atomic E-state index is 11.1. The second-order valence-corrected chi connectivity index (χ2v) is 7.35. The van der Waals surface area contributed by atoms with Gasteiger partial charge in [-0.15, -0.1) is 11.3 Å². The largest absolute Gasteiger partial charge is 0.478 e. The maximum Gasteiger partial charge on any atom is 0.335 e. The summed E-state index contributed by atoms with van der Waals surface area (Å²) in [5.41, 5.74) is 2.33. The first-order valence-electron chi connectivity index (χ1n) is 7.97. The summed E-state index contributed by atoms with van der Waals surface area (Å²) in [7, 11) is 0. The molecule has 4 rings (SSSR count). The fraction of sp³-hybridized carbons (Fsp3) is 0.278. The van der Waals surface area contributed by atoms with E-state index in [0.29, 0.717) is 5.92 Å². The summed E-state index contributed by atoms with van der Waals surface area (Å²) in [6.07, 6.45) is 4.90. The Kier molecular flexibility index (Phi) is 3.69. The summed E-state index contributed by atoms with van der Waals surface area (Å²) >= 11 is 1.75. The zero-order chi connectivity index (χ0) is 16.7. The Morgan fingerprint density at radius 3 is 3.08 bits per heavy atom. The second-order valence-electron chi connectivity index (χ2n) is 6.27. The molecule has 0 aliphatic heterocycles. The number of rotatable bonds is 3. The average molecular weight is 339 g/mol. The predicted octanol–water partition coefficient (Wildman–Crippen LogP) is 4.26. The SMILES string of the molecule is C[C@@H]1CCc2c(sc3ncnc(Nc4cccc(C(=O)O)c4)c23)C1. The van der Waals surface area contributed by atoms with Crippen LogP contribution in [0.25, 0.3) is 10.2 Å². The third kappa shape index (κ3) is 2.63. The highest BCUT2D eigenvalue weighted by atomic mass is 32.1.